The first-order valence-corrected chi connectivity index (χ1v) is 12.8. The second-order valence-electron chi connectivity index (χ2n) is 10.9. The van der Waals surface area contributed by atoms with Crippen LogP contribution in [0.1, 0.15) is 85.3 Å². The molecule has 0 aliphatic rings. The monoisotopic (exact) mass is 681 g/mol. The second kappa shape index (κ2) is 13.9. The van der Waals surface area contributed by atoms with E-state index in [1.54, 1.807) is 0 Å². The van der Waals surface area contributed by atoms with Crippen molar-refractivity contribution in [1.82, 2.24) is 4.98 Å². The predicted octanol–water partition coefficient (Wildman–Crippen LogP) is 9.13. The summed E-state index contributed by atoms with van der Waals surface area (Å²) >= 11 is 0. The fourth-order valence-electron chi connectivity index (χ4n) is 3.37. The van der Waals surface area contributed by atoms with E-state index in [1.807, 2.05) is 78.1 Å². The molecule has 1 heterocycles. The molecule has 1 aromatic heterocycles. The Morgan fingerprint density at radius 3 is 2.24 bits per heavy atom. The van der Waals surface area contributed by atoms with Gasteiger partial charge in [0.15, 0.2) is 5.78 Å². The van der Waals surface area contributed by atoms with Crippen LogP contribution in [0.2, 0.25) is 0 Å². The topological polar surface area (TPSA) is 59.4 Å². The van der Waals surface area contributed by atoms with Crippen LogP contribution in [-0.4, -0.2) is 15.9 Å². The Bertz CT molecular complexity index is 1200. The number of aromatic nitrogens is 1. The molecule has 0 saturated carbocycles. The molecule has 1 N–H and O–H groups in total. The van der Waals surface area contributed by atoms with E-state index in [2.05, 4.69) is 44.0 Å². The van der Waals surface area contributed by atoms with Gasteiger partial charge in [0, 0.05) is 60.4 Å². The number of fused-ring (bicyclic) bond motifs is 1. The average Bonchev–Trinajstić information content (AvgIpc) is 2.85. The zero-order valence-electron chi connectivity index (χ0n) is 23.7. The van der Waals surface area contributed by atoms with E-state index < -0.39 is 0 Å². The van der Waals surface area contributed by atoms with Crippen molar-refractivity contribution in [2.45, 2.75) is 81.1 Å². The smallest absolute Gasteiger partial charge is 0.217 e. The Labute approximate surface area is 236 Å². The molecule has 203 valence electrons. The molecule has 2 aromatic carbocycles. The molecule has 0 aliphatic heterocycles. The largest absolute Gasteiger partial charge is 0.512 e. The van der Waals surface area contributed by atoms with Gasteiger partial charge in [0.2, 0.25) is 5.88 Å². The van der Waals surface area contributed by atoms with E-state index >= 15 is 0 Å². The molecule has 0 fully saturated rings. The number of ketones is 1. The minimum Gasteiger partial charge on any atom is -0.512 e. The zero-order chi connectivity index (χ0) is 27.1. The summed E-state index contributed by atoms with van der Waals surface area (Å²) in [6, 6.07) is 17.0. The summed E-state index contributed by atoms with van der Waals surface area (Å²) < 4.78 is 5.79. The minimum atomic E-state index is -0.377. The standard InChI is InChI=1S/C19H18NO.C13H24O2.Ir/c1-13(2)16-10-9-14(3)18-12-20-19(11-17(16)18)21-15-7-5-4-6-8-15;1-7-12(3,4)10(14)9-11(15)13(5,6)8-2;/h4-7,9-13H,1-3H3;9,14H,7-8H2,1-6H3;/q-1;;/b;10-9-;. The molecule has 0 unspecified atom stereocenters. The number of aryl methyl sites for hydroxylation is 1. The number of hydrogen-bond acceptors (Lipinski definition) is 4. The van der Waals surface area contributed by atoms with Crippen molar-refractivity contribution in [3.8, 4) is 11.6 Å². The first-order chi connectivity index (χ1) is 16.8. The Balaban J connectivity index is 0.000000384. The molecule has 3 rings (SSSR count). The third-order valence-electron chi connectivity index (χ3n) is 7.04. The van der Waals surface area contributed by atoms with Crippen LogP contribution >= 0.6 is 0 Å². The van der Waals surface area contributed by atoms with Crippen LogP contribution in [0.4, 0.5) is 0 Å². The van der Waals surface area contributed by atoms with Crippen LogP contribution < -0.4 is 4.74 Å². The van der Waals surface area contributed by atoms with Crippen molar-refractivity contribution in [2.24, 2.45) is 10.8 Å². The van der Waals surface area contributed by atoms with Gasteiger partial charge in [-0.3, -0.25) is 4.79 Å². The molecule has 5 heteroatoms. The number of carbonyl (C=O) groups excluding carboxylic acids is 1. The van der Waals surface area contributed by atoms with Gasteiger partial charge in [0.05, 0.1) is 0 Å². The summed E-state index contributed by atoms with van der Waals surface area (Å²) in [7, 11) is 0. The number of pyridine rings is 1. The summed E-state index contributed by atoms with van der Waals surface area (Å²) in [5.74, 6) is 1.95. The number of aliphatic hydroxyl groups excluding tert-OH is 1. The van der Waals surface area contributed by atoms with Crippen LogP contribution in [0.5, 0.6) is 11.6 Å². The van der Waals surface area contributed by atoms with Gasteiger partial charge in [0.1, 0.15) is 5.76 Å². The van der Waals surface area contributed by atoms with Gasteiger partial charge in [-0.05, 0) is 42.2 Å². The van der Waals surface area contributed by atoms with E-state index in [1.165, 1.54) is 28.0 Å². The van der Waals surface area contributed by atoms with Crippen molar-refractivity contribution in [2.75, 3.05) is 0 Å². The molecule has 37 heavy (non-hydrogen) atoms. The van der Waals surface area contributed by atoms with E-state index in [-0.39, 0.29) is 42.5 Å². The van der Waals surface area contributed by atoms with Gasteiger partial charge in [-0.25, -0.2) is 4.98 Å². The Morgan fingerprint density at radius 1 is 1.05 bits per heavy atom. The summed E-state index contributed by atoms with van der Waals surface area (Å²) in [4.78, 5) is 16.3. The van der Waals surface area contributed by atoms with Crippen molar-refractivity contribution in [1.29, 1.82) is 0 Å². The van der Waals surface area contributed by atoms with Crippen molar-refractivity contribution >= 4 is 16.6 Å². The van der Waals surface area contributed by atoms with Gasteiger partial charge in [0.25, 0.3) is 0 Å². The molecule has 4 nitrogen and oxygen atoms in total. The van der Waals surface area contributed by atoms with Gasteiger partial charge < -0.3 is 9.84 Å². The summed E-state index contributed by atoms with van der Waals surface area (Å²) in [5.41, 5.74) is 1.87. The number of nitrogens with zero attached hydrogens (tertiary/aromatic N) is 1. The molecule has 0 saturated heterocycles. The molecule has 0 atom stereocenters. The molecule has 3 aromatic rings. The van der Waals surface area contributed by atoms with Crippen LogP contribution in [-0.2, 0) is 24.9 Å². The zero-order valence-corrected chi connectivity index (χ0v) is 26.1. The van der Waals surface area contributed by atoms with Crippen molar-refractivity contribution in [3.05, 3.63) is 77.7 Å². The summed E-state index contributed by atoms with van der Waals surface area (Å²) in [6.07, 6.45) is 4.89. The minimum absolute atomic E-state index is 0. The summed E-state index contributed by atoms with van der Waals surface area (Å²) in [6.45, 7) is 18.2. The summed E-state index contributed by atoms with van der Waals surface area (Å²) in [5, 5.41) is 12.2. The van der Waals surface area contributed by atoms with Gasteiger partial charge in [-0.2, -0.15) is 18.2 Å². The number of carbonyl (C=O) groups is 1. The quantitative estimate of drug-likeness (QED) is 0.147. The maximum atomic E-state index is 11.8. The van der Waals surface area contributed by atoms with Crippen LogP contribution in [0.3, 0.4) is 0 Å². The van der Waals surface area contributed by atoms with Crippen LogP contribution in [0.15, 0.2) is 60.5 Å². The van der Waals surface area contributed by atoms with Gasteiger partial charge in [-0.1, -0.05) is 67.5 Å². The van der Waals surface area contributed by atoms with E-state index in [9.17, 15) is 9.90 Å². The number of aliphatic hydroxyl groups is 1. The van der Waals surface area contributed by atoms with E-state index in [4.69, 9.17) is 4.74 Å². The van der Waals surface area contributed by atoms with E-state index in [0.29, 0.717) is 17.5 Å². The van der Waals surface area contributed by atoms with E-state index in [0.717, 1.165) is 12.8 Å². The molecule has 0 spiro atoms. The normalized spacial score (nSPS) is 12.0. The number of hydrogen-bond donors (Lipinski definition) is 1. The number of para-hydroxylation sites is 1. The fraction of sp³-hybridized carbons (Fsp3) is 0.438. The Kier molecular flexibility index (Phi) is 12.2. The molecular formula is C32H42IrNO3-. The second-order valence-corrected chi connectivity index (χ2v) is 10.9. The number of ether oxygens (including phenoxy) is 1. The molecular weight excluding hydrogens is 639 g/mol. The average molecular weight is 681 g/mol. The van der Waals surface area contributed by atoms with Crippen molar-refractivity contribution in [3.63, 3.8) is 0 Å². The molecule has 1 radical (unpaired) electrons. The number of rotatable bonds is 8. The Morgan fingerprint density at radius 2 is 1.70 bits per heavy atom. The van der Waals surface area contributed by atoms with Crippen LogP contribution in [0.25, 0.3) is 10.8 Å². The van der Waals surface area contributed by atoms with Crippen molar-refractivity contribution < 1.29 is 34.7 Å². The third-order valence-corrected chi connectivity index (χ3v) is 7.04. The van der Waals surface area contributed by atoms with Crippen LogP contribution in [0, 0.1) is 23.8 Å². The number of benzene rings is 2. The first kappa shape index (κ1) is 32.5. The SMILES string of the molecule is CCC(C)(C)C(=O)/C=C(\O)C(C)(C)CC.Cc1ccc(C(C)C)c2cc(Oc3[c-]cccc3)ncc12.[Ir]. The fourth-order valence-corrected chi connectivity index (χ4v) is 3.37. The maximum absolute atomic E-state index is 11.8. The maximum Gasteiger partial charge on any atom is 0.217 e. The molecule has 0 aliphatic carbocycles. The van der Waals surface area contributed by atoms with Gasteiger partial charge in [-0.15, -0.1) is 12.1 Å². The molecule has 0 amide bonds. The molecule has 0 bridgehead atoms. The third kappa shape index (κ3) is 8.79. The van der Waals surface area contributed by atoms with Gasteiger partial charge >= 0.3 is 0 Å². The Hall–Kier alpha value is -2.49. The first-order valence-electron chi connectivity index (χ1n) is 12.8. The number of allylic oxidation sites excluding steroid dienone is 2. The predicted molar refractivity (Wildman–Crippen MR) is 150 cm³/mol.